The monoisotopic (exact) mass is 417 g/mol. The van der Waals surface area contributed by atoms with Crippen LogP contribution in [-0.4, -0.2) is 45.1 Å². The summed E-state index contributed by atoms with van der Waals surface area (Å²) in [5, 5.41) is 12.3. The average Bonchev–Trinajstić information content (AvgIpc) is 3.46. The Morgan fingerprint density at radius 3 is 2.55 bits per heavy atom. The summed E-state index contributed by atoms with van der Waals surface area (Å²) in [5.74, 6) is 0.250. The average molecular weight is 417 g/mol. The van der Waals surface area contributed by atoms with Crippen LogP contribution >= 0.6 is 0 Å². The lowest BCUT2D eigenvalue weighted by atomic mass is 10.1. The van der Waals surface area contributed by atoms with Crippen LogP contribution in [0.4, 0.5) is 4.39 Å². The van der Waals surface area contributed by atoms with E-state index in [4.69, 9.17) is 5.73 Å². The molecule has 0 spiro atoms. The van der Waals surface area contributed by atoms with E-state index in [1.165, 1.54) is 23.0 Å². The Labute approximate surface area is 174 Å². The molecule has 0 saturated heterocycles. The highest BCUT2D eigenvalue weighted by Crippen LogP contribution is 2.31. The van der Waals surface area contributed by atoms with Gasteiger partial charge in [0.05, 0.1) is 23.8 Å². The first-order chi connectivity index (χ1) is 14.9. The van der Waals surface area contributed by atoms with Crippen LogP contribution in [0.3, 0.4) is 0 Å². The SMILES string of the molecule is Cc1nc(-c2ccc(F)cc2)c(-c2ccc3nc(-n4cc(C(N)=O)nn4)cn3n2)n1C. The molecule has 0 unspecified atom stereocenters. The third-order valence-electron chi connectivity index (χ3n) is 4.97. The van der Waals surface area contributed by atoms with E-state index >= 15 is 0 Å². The molecule has 31 heavy (non-hydrogen) atoms. The molecular weight excluding hydrogens is 401 g/mol. The molecule has 0 atom stereocenters. The van der Waals surface area contributed by atoms with Gasteiger partial charge in [0.25, 0.3) is 5.91 Å². The molecule has 11 heteroatoms. The molecule has 5 aromatic rings. The molecular formula is C20H16FN9O. The van der Waals surface area contributed by atoms with Crippen molar-refractivity contribution in [1.29, 1.82) is 0 Å². The van der Waals surface area contributed by atoms with Crippen LogP contribution in [0.25, 0.3) is 34.1 Å². The van der Waals surface area contributed by atoms with Gasteiger partial charge in [-0.05, 0) is 43.3 Å². The van der Waals surface area contributed by atoms with Crippen LogP contribution < -0.4 is 5.73 Å². The fraction of sp³-hybridized carbons (Fsp3) is 0.100. The minimum Gasteiger partial charge on any atom is -0.364 e. The van der Waals surface area contributed by atoms with E-state index in [1.54, 1.807) is 22.8 Å². The number of hydrogen-bond donors (Lipinski definition) is 1. The van der Waals surface area contributed by atoms with E-state index in [9.17, 15) is 9.18 Å². The van der Waals surface area contributed by atoms with Crippen molar-refractivity contribution in [3.8, 4) is 28.5 Å². The van der Waals surface area contributed by atoms with Gasteiger partial charge in [-0.1, -0.05) is 5.21 Å². The Morgan fingerprint density at radius 1 is 1.06 bits per heavy atom. The number of hydrogen-bond acceptors (Lipinski definition) is 6. The maximum atomic E-state index is 13.4. The lowest BCUT2D eigenvalue weighted by Gasteiger charge is -2.07. The van der Waals surface area contributed by atoms with Gasteiger partial charge >= 0.3 is 0 Å². The standard InChI is InChI=1S/C20H16FN9O/c1-11-23-18(12-3-5-13(21)6-4-12)19(28(11)2)14-7-8-16-24-17(10-29(16)26-14)30-9-15(20(22)31)25-27-30/h3-10H,1-2H3,(H2,22,31). The maximum absolute atomic E-state index is 13.4. The molecule has 10 nitrogen and oxygen atoms in total. The first kappa shape index (κ1) is 18.6. The summed E-state index contributed by atoms with van der Waals surface area (Å²) >= 11 is 0. The van der Waals surface area contributed by atoms with Gasteiger partial charge in [0, 0.05) is 12.6 Å². The first-order valence-electron chi connectivity index (χ1n) is 9.29. The Kier molecular flexibility index (Phi) is 4.10. The van der Waals surface area contributed by atoms with Gasteiger partial charge in [0.1, 0.15) is 17.3 Å². The van der Waals surface area contributed by atoms with Gasteiger partial charge in [-0.25, -0.2) is 18.9 Å². The van der Waals surface area contributed by atoms with Crippen molar-refractivity contribution in [2.75, 3.05) is 0 Å². The summed E-state index contributed by atoms with van der Waals surface area (Å²) in [6.07, 6.45) is 3.07. The number of imidazole rings is 2. The summed E-state index contributed by atoms with van der Waals surface area (Å²) < 4.78 is 18.3. The van der Waals surface area contributed by atoms with Crippen LogP contribution in [0.15, 0.2) is 48.8 Å². The highest BCUT2D eigenvalue weighted by Gasteiger charge is 2.19. The van der Waals surface area contributed by atoms with Gasteiger partial charge in [-0.2, -0.15) is 9.78 Å². The summed E-state index contributed by atoms with van der Waals surface area (Å²) in [5.41, 5.74) is 8.79. The molecule has 4 aromatic heterocycles. The zero-order chi connectivity index (χ0) is 21.7. The number of halogens is 1. The van der Waals surface area contributed by atoms with Crippen molar-refractivity contribution in [3.63, 3.8) is 0 Å². The number of carbonyl (C=O) groups is 1. The molecule has 0 radical (unpaired) electrons. The second-order valence-electron chi connectivity index (χ2n) is 6.96. The van der Waals surface area contributed by atoms with Gasteiger partial charge in [0.15, 0.2) is 17.2 Å². The second kappa shape index (κ2) is 6.83. The fourth-order valence-corrected chi connectivity index (χ4v) is 3.31. The number of fused-ring (bicyclic) bond motifs is 1. The van der Waals surface area contributed by atoms with Gasteiger partial charge in [0.2, 0.25) is 0 Å². The molecule has 0 aliphatic heterocycles. The number of rotatable bonds is 4. The lowest BCUT2D eigenvalue weighted by molar-refractivity contribution is 0.0995. The lowest BCUT2D eigenvalue weighted by Crippen LogP contribution is -2.11. The first-order valence-corrected chi connectivity index (χ1v) is 9.29. The number of carbonyl (C=O) groups excluding carboxylic acids is 1. The zero-order valence-electron chi connectivity index (χ0n) is 16.6. The van der Waals surface area contributed by atoms with Crippen molar-refractivity contribution < 1.29 is 9.18 Å². The number of nitrogens with two attached hydrogens (primary N) is 1. The quantitative estimate of drug-likeness (QED) is 0.477. The van der Waals surface area contributed by atoms with E-state index < -0.39 is 5.91 Å². The summed E-state index contributed by atoms with van der Waals surface area (Å²) in [6, 6.07) is 9.84. The van der Waals surface area contributed by atoms with Gasteiger partial charge < -0.3 is 10.3 Å². The number of nitrogens with zero attached hydrogens (tertiary/aromatic N) is 8. The van der Waals surface area contributed by atoms with E-state index in [1.807, 2.05) is 30.7 Å². The topological polar surface area (TPSA) is 122 Å². The van der Waals surface area contributed by atoms with Crippen molar-refractivity contribution in [3.05, 3.63) is 66.1 Å². The number of benzene rings is 1. The van der Waals surface area contributed by atoms with E-state index in [2.05, 4.69) is 25.4 Å². The molecule has 2 N–H and O–H groups in total. The third-order valence-corrected chi connectivity index (χ3v) is 4.97. The van der Waals surface area contributed by atoms with Crippen molar-refractivity contribution in [1.82, 2.24) is 39.1 Å². The van der Waals surface area contributed by atoms with Gasteiger partial charge in [-0.3, -0.25) is 4.79 Å². The molecule has 0 aliphatic rings. The molecule has 0 fully saturated rings. The molecule has 1 aromatic carbocycles. The van der Waals surface area contributed by atoms with Crippen LogP contribution in [0.1, 0.15) is 16.3 Å². The van der Waals surface area contributed by atoms with Crippen LogP contribution in [0.2, 0.25) is 0 Å². The summed E-state index contributed by atoms with van der Waals surface area (Å²) in [4.78, 5) is 20.4. The minimum absolute atomic E-state index is 0.0417. The molecule has 4 heterocycles. The third kappa shape index (κ3) is 3.12. The molecule has 1 amide bonds. The van der Waals surface area contributed by atoms with Gasteiger partial charge in [-0.15, -0.1) is 5.10 Å². The van der Waals surface area contributed by atoms with E-state index in [0.717, 1.165) is 17.1 Å². The van der Waals surface area contributed by atoms with Crippen LogP contribution in [-0.2, 0) is 7.05 Å². The normalized spacial score (nSPS) is 11.3. The summed E-state index contributed by atoms with van der Waals surface area (Å²) in [6.45, 7) is 1.89. The van der Waals surface area contributed by atoms with Crippen LogP contribution in [0.5, 0.6) is 0 Å². The smallest absolute Gasteiger partial charge is 0.270 e. The Morgan fingerprint density at radius 2 is 1.84 bits per heavy atom. The Hall–Kier alpha value is -4.41. The molecule has 0 bridgehead atoms. The zero-order valence-corrected chi connectivity index (χ0v) is 16.6. The van der Waals surface area contributed by atoms with Crippen molar-refractivity contribution >= 4 is 11.6 Å². The molecule has 154 valence electrons. The fourth-order valence-electron chi connectivity index (χ4n) is 3.31. The maximum Gasteiger partial charge on any atom is 0.270 e. The predicted octanol–water partition coefficient (Wildman–Crippen LogP) is 1.92. The minimum atomic E-state index is -0.671. The number of aryl methyl sites for hydroxylation is 1. The molecule has 0 aliphatic carbocycles. The van der Waals surface area contributed by atoms with Crippen molar-refractivity contribution in [2.24, 2.45) is 12.8 Å². The van der Waals surface area contributed by atoms with E-state index in [0.29, 0.717) is 22.9 Å². The molecule has 0 saturated carbocycles. The Balaban J connectivity index is 1.61. The highest BCUT2D eigenvalue weighted by atomic mass is 19.1. The van der Waals surface area contributed by atoms with Crippen LogP contribution in [0, 0.1) is 12.7 Å². The number of primary amides is 1. The number of amides is 1. The predicted molar refractivity (Wildman–Crippen MR) is 109 cm³/mol. The molecule has 5 rings (SSSR count). The summed E-state index contributed by atoms with van der Waals surface area (Å²) in [7, 11) is 1.90. The Bertz CT molecular complexity index is 1450. The number of aromatic nitrogens is 8. The van der Waals surface area contributed by atoms with Crippen molar-refractivity contribution in [2.45, 2.75) is 6.92 Å². The second-order valence-corrected chi connectivity index (χ2v) is 6.96. The highest BCUT2D eigenvalue weighted by molar-refractivity contribution is 5.90. The largest absolute Gasteiger partial charge is 0.364 e. The van der Waals surface area contributed by atoms with E-state index in [-0.39, 0.29) is 11.5 Å².